The van der Waals surface area contributed by atoms with E-state index in [0.717, 1.165) is 13.1 Å². The van der Waals surface area contributed by atoms with Crippen LogP contribution < -0.4 is 10.1 Å². The Kier molecular flexibility index (Phi) is 2.38. The molecule has 1 saturated heterocycles. The zero-order valence-corrected chi connectivity index (χ0v) is 7.64. The summed E-state index contributed by atoms with van der Waals surface area (Å²) in [4.78, 5) is 0. The van der Waals surface area contributed by atoms with Crippen molar-refractivity contribution in [3.8, 4) is 5.75 Å². The molecule has 0 saturated carbocycles. The standard InChI is InChI=1S/C9H9ClFNO/c10-8-3-6(1-2-9(8)11)13-7-4-12-5-7/h1-3,7,12H,4-5H2. The molecule has 2 nitrogen and oxygen atoms in total. The lowest BCUT2D eigenvalue weighted by molar-refractivity contribution is 0.142. The average Bonchev–Trinajstić information content (AvgIpc) is 2.04. The van der Waals surface area contributed by atoms with Crippen molar-refractivity contribution in [1.82, 2.24) is 5.32 Å². The number of hydrogen-bond donors (Lipinski definition) is 1. The third-order valence-corrected chi connectivity index (χ3v) is 2.23. The van der Waals surface area contributed by atoms with Crippen LogP contribution in [0.1, 0.15) is 0 Å². The minimum atomic E-state index is -0.416. The second kappa shape index (κ2) is 3.52. The predicted molar refractivity (Wildman–Crippen MR) is 48.7 cm³/mol. The second-order valence-electron chi connectivity index (χ2n) is 2.97. The molecule has 1 fully saturated rings. The van der Waals surface area contributed by atoms with Gasteiger partial charge in [0.2, 0.25) is 0 Å². The summed E-state index contributed by atoms with van der Waals surface area (Å²) in [5.41, 5.74) is 0. The van der Waals surface area contributed by atoms with Gasteiger partial charge in [-0.1, -0.05) is 11.6 Å². The molecule has 0 unspecified atom stereocenters. The van der Waals surface area contributed by atoms with E-state index in [9.17, 15) is 4.39 Å². The van der Waals surface area contributed by atoms with Crippen molar-refractivity contribution >= 4 is 11.6 Å². The Morgan fingerprint density at radius 1 is 1.46 bits per heavy atom. The molecule has 13 heavy (non-hydrogen) atoms. The van der Waals surface area contributed by atoms with Crippen LogP contribution in [0.25, 0.3) is 0 Å². The molecule has 70 valence electrons. The lowest BCUT2D eigenvalue weighted by Gasteiger charge is -2.27. The van der Waals surface area contributed by atoms with E-state index in [2.05, 4.69) is 5.32 Å². The third-order valence-electron chi connectivity index (χ3n) is 1.94. The summed E-state index contributed by atoms with van der Waals surface area (Å²) in [7, 11) is 0. The highest BCUT2D eigenvalue weighted by atomic mass is 35.5. The van der Waals surface area contributed by atoms with E-state index in [4.69, 9.17) is 16.3 Å². The lowest BCUT2D eigenvalue weighted by atomic mass is 10.2. The molecule has 0 radical (unpaired) electrons. The molecule has 0 spiro atoms. The highest BCUT2D eigenvalue weighted by Crippen LogP contribution is 2.22. The van der Waals surface area contributed by atoms with Gasteiger partial charge in [0, 0.05) is 19.2 Å². The van der Waals surface area contributed by atoms with Crippen LogP contribution in [0, 0.1) is 5.82 Å². The minimum absolute atomic E-state index is 0.102. The van der Waals surface area contributed by atoms with Crippen molar-refractivity contribution < 1.29 is 9.13 Å². The summed E-state index contributed by atoms with van der Waals surface area (Å²) >= 11 is 5.59. The Labute approximate surface area is 80.7 Å². The van der Waals surface area contributed by atoms with Gasteiger partial charge in [-0.3, -0.25) is 0 Å². The number of ether oxygens (including phenoxy) is 1. The molecule has 1 N–H and O–H groups in total. The van der Waals surface area contributed by atoms with Crippen LogP contribution in [0.4, 0.5) is 4.39 Å². The minimum Gasteiger partial charge on any atom is -0.488 e. The number of benzene rings is 1. The number of rotatable bonds is 2. The van der Waals surface area contributed by atoms with E-state index in [0.29, 0.717) is 5.75 Å². The van der Waals surface area contributed by atoms with Crippen LogP contribution >= 0.6 is 11.6 Å². The van der Waals surface area contributed by atoms with Gasteiger partial charge in [-0.15, -0.1) is 0 Å². The summed E-state index contributed by atoms with van der Waals surface area (Å²) in [6.07, 6.45) is 0.196. The fraction of sp³-hybridized carbons (Fsp3) is 0.333. The first-order chi connectivity index (χ1) is 6.25. The Balaban J connectivity index is 2.07. The van der Waals surface area contributed by atoms with Gasteiger partial charge in [0.05, 0.1) is 5.02 Å². The molecule has 1 heterocycles. The highest BCUT2D eigenvalue weighted by Gasteiger charge is 2.18. The molecule has 1 aliphatic rings. The van der Waals surface area contributed by atoms with Crippen molar-refractivity contribution in [2.75, 3.05) is 13.1 Å². The van der Waals surface area contributed by atoms with Crippen LogP contribution in [0.3, 0.4) is 0 Å². The lowest BCUT2D eigenvalue weighted by Crippen LogP contribution is -2.50. The predicted octanol–water partition coefficient (Wildman–Crippen LogP) is 1.83. The summed E-state index contributed by atoms with van der Waals surface area (Å²) in [5.74, 6) is 0.207. The zero-order valence-electron chi connectivity index (χ0n) is 6.89. The first-order valence-electron chi connectivity index (χ1n) is 4.08. The van der Waals surface area contributed by atoms with E-state index in [1.807, 2.05) is 0 Å². The Morgan fingerprint density at radius 3 is 2.77 bits per heavy atom. The molecule has 1 aromatic rings. The molecular weight excluding hydrogens is 193 g/mol. The summed E-state index contributed by atoms with van der Waals surface area (Å²) in [6, 6.07) is 4.39. The van der Waals surface area contributed by atoms with Gasteiger partial charge in [-0.05, 0) is 12.1 Å². The molecule has 0 atom stereocenters. The van der Waals surface area contributed by atoms with Crippen LogP contribution in [-0.4, -0.2) is 19.2 Å². The summed E-state index contributed by atoms with van der Waals surface area (Å²) < 4.78 is 18.2. The number of halogens is 2. The molecule has 0 aromatic heterocycles. The van der Waals surface area contributed by atoms with Gasteiger partial charge in [-0.25, -0.2) is 4.39 Å². The molecule has 1 aromatic carbocycles. The molecular formula is C9H9ClFNO. The first kappa shape index (κ1) is 8.78. The van der Waals surface area contributed by atoms with Gasteiger partial charge in [0.1, 0.15) is 17.7 Å². The van der Waals surface area contributed by atoms with Crippen molar-refractivity contribution in [3.63, 3.8) is 0 Å². The number of hydrogen-bond acceptors (Lipinski definition) is 2. The first-order valence-corrected chi connectivity index (χ1v) is 4.46. The van der Waals surface area contributed by atoms with E-state index in [1.165, 1.54) is 12.1 Å². The maximum Gasteiger partial charge on any atom is 0.142 e. The van der Waals surface area contributed by atoms with Crippen LogP contribution in [0.15, 0.2) is 18.2 Å². The van der Waals surface area contributed by atoms with Crippen LogP contribution in [0.2, 0.25) is 5.02 Å². The molecule has 0 amide bonds. The Morgan fingerprint density at radius 2 is 2.23 bits per heavy atom. The van der Waals surface area contributed by atoms with Crippen molar-refractivity contribution in [2.24, 2.45) is 0 Å². The van der Waals surface area contributed by atoms with E-state index in [1.54, 1.807) is 6.07 Å². The molecule has 1 aliphatic heterocycles. The van der Waals surface area contributed by atoms with E-state index >= 15 is 0 Å². The maximum absolute atomic E-state index is 12.7. The van der Waals surface area contributed by atoms with E-state index in [-0.39, 0.29) is 11.1 Å². The molecule has 2 rings (SSSR count). The fourth-order valence-corrected chi connectivity index (χ4v) is 1.26. The third kappa shape index (κ3) is 1.92. The monoisotopic (exact) mass is 201 g/mol. The Bertz CT molecular complexity index is 314. The highest BCUT2D eigenvalue weighted by molar-refractivity contribution is 6.30. The van der Waals surface area contributed by atoms with Crippen molar-refractivity contribution in [1.29, 1.82) is 0 Å². The quantitative estimate of drug-likeness (QED) is 0.789. The second-order valence-corrected chi connectivity index (χ2v) is 3.38. The van der Waals surface area contributed by atoms with Crippen molar-refractivity contribution in [2.45, 2.75) is 6.10 Å². The van der Waals surface area contributed by atoms with Gasteiger partial charge in [0.15, 0.2) is 0 Å². The molecule has 4 heteroatoms. The van der Waals surface area contributed by atoms with Gasteiger partial charge < -0.3 is 10.1 Å². The molecule has 0 bridgehead atoms. The number of nitrogens with one attached hydrogen (secondary N) is 1. The topological polar surface area (TPSA) is 21.3 Å². The largest absolute Gasteiger partial charge is 0.488 e. The SMILES string of the molecule is Fc1ccc(OC2CNC2)cc1Cl. The van der Waals surface area contributed by atoms with Crippen molar-refractivity contribution in [3.05, 3.63) is 29.0 Å². The normalized spacial score (nSPS) is 16.8. The zero-order chi connectivity index (χ0) is 9.26. The van der Waals surface area contributed by atoms with Crippen LogP contribution in [-0.2, 0) is 0 Å². The van der Waals surface area contributed by atoms with Gasteiger partial charge >= 0.3 is 0 Å². The summed E-state index contributed by atoms with van der Waals surface area (Å²) in [5, 5.41) is 3.18. The van der Waals surface area contributed by atoms with Crippen LogP contribution in [0.5, 0.6) is 5.75 Å². The molecule has 0 aliphatic carbocycles. The van der Waals surface area contributed by atoms with E-state index < -0.39 is 5.82 Å². The summed E-state index contributed by atoms with van der Waals surface area (Å²) in [6.45, 7) is 1.68. The smallest absolute Gasteiger partial charge is 0.142 e. The Hall–Kier alpha value is -0.800. The van der Waals surface area contributed by atoms with Gasteiger partial charge in [0.25, 0.3) is 0 Å². The average molecular weight is 202 g/mol. The maximum atomic E-state index is 12.7. The van der Waals surface area contributed by atoms with Gasteiger partial charge in [-0.2, -0.15) is 0 Å². The fourth-order valence-electron chi connectivity index (χ4n) is 1.09.